The van der Waals surface area contributed by atoms with Crippen molar-refractivity contribution in [3.8, 4) is 0 Å². The van der Waals surface area contributed by atoms with Gasteiger partial charge in [-0.25, -0.2) is 24.1 Å². The molecule has 0 amide bonds. The normalized spacial score (nSPS) is 31.6. The van der Waals surface area contributed by atoms with Gasteiger partial charge in [0, 0.05) is 13.2 Å². The highest BCUT2D eigenvalue weighted by molar-refractivity contribution is 7.80. The van der Waals surface area contributed by atoms with E-state index in [0.29, 0.717) is 5.56 Å². The van der Waals surface area contributed by atoms with Crippen LogP contribution in [-0.2, 0) is 36.5 Å². The third-order valence-corrected chi connectivity index (χ3v) is 9.88. The van der Waals surface area contributed by atoms with Gasteiger partial charge < -0.3 is 46.3 Å². The number of pyridine rings is 1. The lowest BCUT2D eigenvalue weighted by atomic mass is 10.1. The van der Waals surface area contributed by atoms with Crippen LogP contribution in [0.4, 0.5) is 5.82 Å². The zero-order chi connectivity index (χ0) is 32.0. The van der Waals surface area contributed by atoms with Gasteiger partial charge in [-0.3, -0.25) is 18.1 Å². The minimum atomic E-state index is -5.33. The van der Waals surface area contributed by atoms with Gasteiger partial charge >= 0.3 is 15.6 Å². The summed E-state index contributed by atoms with van der Waals surface area (Å²) in [6.07, 6.45) is -7.81. The van der Waals surface area contributed by atoms with E-state index in [9.17, 15) is 34.4 Å². The molecule has 0 spiro atoms. The van der Waals surface area contributed by atoms with Gasteiger partial charge in [-0.2, -0.15) is 8.88 Å². The Labute approximate surface area is 252 Å². The van der Waals surface area contributed by atoms with Crippen LogP contribution in [0.1, 0.15) is 18.0 Å². The van der Waals surface area contributed by atoms with Crippen LogP contribution in [0.5, 0.6) is 0 Å². The highest BCUT2D eigenvalue weighted by atomic mass is 32.1. The van der Waals surface area contributed by atoms with Crippen molar-refractivity contribution in [1.29, 1.82) is 0 Å². The van der Waals surface area contributed by atoms with Gasteiger partial charge in [0.25, 0.3) is 6.23 Å². The number of anilines is 1. The van der Waals surface area contributed by atoms with Gasteiger partial charge in [0.2, 0.25) is 0 Å². The van der Waals surface area contributed by atoms with Crippen molar-refractivity contribution < 1.29 is 66.4 Å². The first kappa shape index (κ1) is 32.8. The number of aliphatic hydroxyl groups excluding tert-OH is 3. The Hall–Kier alpha value is -2.59. The van der Waals surface area contributed by atoms with E-state index in [0.717, 1.165) is 13.4 Å². The van der Waals surface area contributed by atoms with Crippen molar-refractivity contribution in [2.24, 2.45) is 5.73 Å². The fourth-order valence-electron chi connectivity index (χ4n) is 4.43. The Morgan fingerprint density at radius 2 is 1.95 bits per heavy atom. The van der Waals surface area contributed by atoms with E-state index in [1.807, 2.05) is 0 Å². The second kappa shape index (κ2) is 12.7. The molecule has 0 bridgehead atoms. The number of ether oxygens (including phenoxy) is 2. The number of imidazole rings is 1. The van der Waals surface area contributed by atoms with Crippen LogP contribution in [0.3, 0.4) is 0 Å². The molecule has 3 aromatic rings. The van der Waals surface area contributed by atoms with Gasteiger partial charge in [0.1, 0.15) is 35.1 Å². The second-order valence-corrected chi connectivity index (χ2v) is 13.2. The Balaban J connectivity index is 1.23. The van der Waals surface area contributed by atoms with Crippen LogP contribution in [0.15, 0.2) is 37.2 Å². The maximum Gasteiger partial charge on any atom is 0.485 e. The first-order valence-corrected chi connectivity index (χ1v) is 15.9. The summed E-state index contributed by atoms with van der Waals surface area (Å²) in [6.45, 7) is -0.870. The van der Waals surface area contributed by atoms with E-state index in [4.69, 9.17) is 42.2 Å². The average Bonchev–Trinajstić information content (AvgIpc) is 3.62. The maximum atomic E-state index is 13.1. The number of phosphoric acid groups is 2. The summed E-state index contributed by atoms with van der Waals surface area (Å²) in [5, 5.41) is 44.2. The van der Waals surface area contributed by atoms with Gasteiger partial charge in [0.15, 0.2) is 36.4 Å². The largest absolute Gasteiger partial charge is 0.843 e. The molecule has 2 aliphatic heterocycles. The smallest absolute Gasteiger partial charge is 0.485 e. The van der Waals surface area contributed by atoms with Crippen molar-refractivity contribution in [3.63, 3.8) is 0 Å². The summed E-state index contributed by atoms with van der Waals surface area (Å²) in [7, 11) is -9.58. The van der Waals surface area contributed by atoms with Crippen LogP contribution >= 0.6 is 27.9 Å². The highest BCUT2D eigenvalue weighted by Crippen LogP contribution is 2.64. The molecule has 5 rings (SSSR count). The number of hydrogen-bond acceptors (Lipinski definition) is 17. The van der Waals surface area contributed by atoms with Crippen LogP contribution < -0.4 is 21.1 Å². The summed E-state index contributed by atoms with van der Waals surface area (Å²) in [5.74, 6) is 0.0339. The number of rotatable bonds is 11. The minimum absolute atomic E-state index is 0.0339. The minimum Gasteiger partial charge on any atom is -0.843 e. The maximum absolute atomic E-state index is 13.1. The number of nitrogen functional groups attached to an aromatic ring is 1. The third kappa shape index (κ3) is 6.52. The molecule has 20 nitrogen and oxygen atoms in total. The Kier molecular flexibility index (Phi) is 9.44. The predicted molar refractivity (Wildman–Crippen MR) is 144 cm³/mol. The number of fused-ring (bicyclic) bond motifs is 1. The molecule has 2 unspecified atom stereocenters. The lowest BCUT2D eigenvalue weighted by molar-refractivity contribution is -0.782. The fraction of sp³-hybridized carbons (Fsp3) is 0.476. The highest BCUT2D eigenvalue weighted by Gasteiger charge is 2.51. The predicted octanol–water partition coefficient (Wildman–Crippen LogP) is -2.50. The van der Waals surface area contributed by atoms with Crippen LogP contribution in [0.2, 0.25) is 0 Å². The fourth-order valence-corrected chi connectivity index (χ4v) is 7.03. The van der Waals surface area contributed by atoms with E-state index in [1.54, 1.807) is 12.1 Å². The number of aliphatic hydroxyl groups is 3. The Morgan fingerprint density at radius 1 is 1.20 bits per heavy atom. The van der Waals surface area contributed by atoms with Gasteiger partial charge in [-0.15, -0.1) is 0 Å². The molecular weight excluding hydrogens is 652 g/mol. The average molecular weight is 679 g/mol. The quantitative estimate of drug-likeness (QED) is 0.0693. The van der Waals surface area contributed by atoms with Crippen molar-refractivity contribution in [2.45, 2.75) is 49.3 Å². The molecule has 10 atom stereocenters. The summed E-state index contributed by atoms with van der Waals surface area (Å²) in [6, 6.07) is 3.15. The van der Waals surface area contributed by atoms with Crippen LogP contribution in [0.25, 0.3) is 11.2 Å². The molecule has 44 heavy (non-hydrogen) atoms. The van der Waals surface area contributed by atoms with E-state index >= 15 is 0 Å². The van der Waals surface area contributed by atoms with Crippen molar-refractivity contribution in [3.05, 3.63) is 42.7 Å². The molecule has 240 valence electrons. The molecule has 23 heteroatoms. The lowest BCUT2D eigenvalue weighted by Crippen LogP contribution is -2.52. The molecule has 0 saturated carbocycles. The molecule has 0 radical (unpaired) electrons. The Bertz CT molecular complexity index is 1630. The van der Waals surface area contributed by atoms with Crippen LogP contribution in [0, 0.1) is 0 Å². The Morgan fingerprint density at radius 3 is 2.66 bits per heavy atom. The third-order valence-electron chi connectivity index (χ3n) is 6.63. The number of nitrogens with zero attached hydrogens (tertiary/aromatic N) is 5. The second-order valence-electron chi connectivity index (χ2n) is 9.46. The monoisotopic (exact) mass is 679 g/mol. The number of nitrogens with two attached hydrogens (primary N) is 2. The molecule has 2 aliphatic rings. The zero-order valence-electron chi connectivity index (χ0n) is 22.4. The van der Waals surface area contributed by atoms with E-state index in [2.05, 4.69) is 23.8 Å². The van der Waals surface area contributed by atoms with E-state index in [1.165, 1.54) is 27.9 Å². The first-order chi connectivity index (χ1) is 20.7. The number of thiocarbonyl (C=S) groups is 1. The van der Waals surface area contributed by atoms with Gasteiger partial charge in [-0.05, 0) is 12.2 Å². The standard InChI is InChI=1S/C21H27N7O13P2S/c1-36-43(35,40-21-15(32)14(31)20(39-21)28-8-26-11-16(22)24-7-25-18(11)28)41-42(33,34)37-6-10-12(29)13(30)19(38-10)27-4-2-3-9(5-27)17(23)44/h2-5,7-8,10,12-15,19-21,29,31-32H,6H2,1H3,(H2,23,44)(H,33,34)(H2,22,24,25)/t10-,12+,13-,14-,15+,19-,20-,21-,43?/m1/s1. The summed E-state index contributed by atoms with van der Waals surface area (Å²) in [5.41, 5.74) is 12.1. The molecule has 0 aromatic carbocycles. The molecule has 2 saturated heterocycles. The molecular formula is C21H27N7O13P2S. The molecule has 3 aromatic heterocycles. The number of phosphoric ester groups is 2. The van der Waals surface area contributed by atoms with Gasteiger partial charge in [0.05, 0.1) is 24.6 Å². The van der Waals surface area contributed by atoms with E-state index in [-0.39, 0.29) is 22.0 Å². The summed E-state index contributed by atoms with van der Waals surface area (Å²) < 4.78 is 58.5. The van der Waals surface area contributed by atoms with Crippen molar-refractivity contribution >= 4 is 49.8 Å². The van der Waals surface area contributed by atoms with Gasteiger partial charge in [-0.1, -0.05) is 12.2 Å². The van der Waals surface area contributed by atoms with E-state index < -0.39 is 71.5 Å². The SMILES string of the molecule is COP(=O)(O[C@H]1O[C@@H](n2cnc3c(N)ncnc32)[C@H](O)[C@@H]1O)OP(=O)(O)OC[C@H]1O[C@@H]([n+]2cccc(C(N)=S)c2)[C@H]([O-])[C@H]1O. The molecule has 0 aliphatic carbocycles. The van der Waals surface area contributed by atoms with Crippen LogP contribution in [-0.4, -0.2) is 95.2 Å². The number of hydrogen-bond donors (Lipinski definition) is 6. The molecule has 8 N–H and O–H groups in total. The number of aromatic nitrogens is 5. The summed E-state index contributed by atoms with van der Waals surface area (Å²) in [4.78, 5) is 22.1. The molecule has 5 heterocycles. The topological polar surface area (TPSA) is 293 Å². The summed E-state index contributed by atoms with van der Waals surface area (Å²) >= 11 is 4.92. The lowest BCUT2D eigenvalue weighted by Gasteiger charge is -2.24. The zero-order valence-corrected chi connectivity index (χ0v) is 25.1. The first-order valence-electron chi connectivity index (χ1n) is 12.5. The van der Waals surface area contributed by atoms with Crippen molar-refractivity contribution in [1.82, 2.24) is 19.5 Å². The molecule has 2 fully saturated rings. The van der Waals surface area contributed by atoms with Crippen molar-refractivity contribution in [2.75, 3.05) is 19.5 Å².